The quantitative estimate of drug-likeness (QED) is 0.549. The molecule has 0 spiro atoms. The normalized spacial score (nSPS) is 16.6. The van der Waals surface area contributed by atoms with Crippen molar-refractivity contribution < 1.29 is 4.79 Å². The predicted molar refractivity (Wildman–Crippen MR) is 106 cm³/mol. The number of Topliss-reactive ketones (excluding diaryl/α,β-unsaturated/α-hetero) is 1. The number of thiophene rings is 1. The van der Waals surface area contributed by atoms with Gasteiger partial charge in [0.05, 0.1) is 11.1 Å². The standard InChI is InChI=1S/C20H14ClN3O2S/c21-12-3-1-4-13(9-12)24-20(26)18-14-7-11(17-5-2-6-27-17)8-16(25)15(14)10-22-19(18)23-24/h1-6,9-11H,7-8H2,(H,22,23)/t11-/m1/s1. The second kappa shape index (κ2) is 6.18. The molecule has 1 atom stereocenters. The molecule has 27 heavy (non-hydrogen) atoms. The third kappa shape index (κ3) is 2.64. The van der Waals surface area contributed by atoms with Gasteiger partial charge in [0.2, 0.25) is 0 Å². The molecule has 0 radical (unpaired) electrons. The Balaban J connectivity index is 1.71. The minimum absolute atomic E-state index is 0.0407. The number of carbonyl (C=O) groups is 1. The molecule has 134 valence electrons. The Labute approximate surface area is 163 Å². The Morgan fingerprint density at radius 2 is 2.07 bits per heavy atom. The molecule has 1 N–H and O–H groups in total. The van der Waals surface area contributed by atoms with E-state index in [1.165, 1.54) is 9.56 Å². The Morgan fingerprint density at radius 1 is 1.19 bits per heavy atom. The van der Waals surface area contributed by atoms with Gasteiger partial charge in [0.25, 0.3) is 5.56 Å². The number of hydrogen-bond donors (Lipinski definition) is 1. The van der Waals surface area contributed by atoms with Gasteiger partial charge >= 0.3 is 0 Å². The van der Waals surface area contributed by atoms with Crippen molar-refractivity contribution in [3.8, 4) is 5.69 Å². The second-order valence-corrected chi connectivity index (χ2v) is 8.07. The molecule has 5 nitrogen and oxygen atoms in total. The Hall–Kier alpha value is -2.70. The number of nitrogens with one attached hydrogen (secondary N) is 1. The summed E-state index contributed by atoms with van der Waals surface area (Å²) in [6.45, 7) is 0. The van der Waals surface area contributed by atoms with Crippen LogP contribution in [0.5, 0.6) is 0 Å². The smallest absolute Gasteiger partial charge is 0.281 e. The Morgan fingerprint density at radius 3 is 2.85 bits per heavy atom. The van der Waals surface area contributed by atoms with Crippen molar-refractivity contribution in [1.82, 2.24) is 14.8 Å². The van der Waals surface area contributed by atoms with Crippen molar-refractivity contribution in [3.05, 3.63) is 79.4 Å². The van der Waals surface area contributed by atoms with E-state index in [9.17, 15) is 9.59 Å². The molecule has 1 aliphatic carbocycles. The van der Waals surface area contributed by atoms with Gasteiger partial charge in [-0.15, -0.1) is 11.3 Å². The minimum atomic E-state index is -0.212. The number of pyridine rings is 1. The molecule has 0 saturated carbocycles. The molecule has 0 saturated heterocycles. The number of ketones is 1. The molecule has 4 aromatic rings. The number of hydrogen-bond acceptors (Lipinski definition) is 4. The maximum atomic E-state index is 13.2. The molecule has 0 fully saturated rings. The first-order chi connectivity index (χ1) is 13.1. The van der Waals surface area contributed by atoms with Crippen molar-refractivity contribution in [2.75, 3.05) is 0 Å². The Bertz CT molecular complexity index is 1240. The van der Waals surface area contributed by atoms with E-state index in [2.05, 4.69) is 10.1 Å². The largest absolute Gasteiger partial charge is 0.294 e. The second-order valence-electron chi connectivity index (χ2n) is 6.65. The highest BCUT2D eigenvalue weighted by molar-refractivity contribution is 7.10. The van der Waals surface area contributed by atoms with E-state index in [1.807, 2.05) is 17.5 Å². The molecule has 0 unspecified atom stereocenters. The van der Waals surface area contributed by atoms with Crippen LogP contribution in [0.2, 0.25) is 5.02 Å². The van der Waals surface area contributed by atoms with Crippen LogP contribution >= 0.6 is 22.9 Å². The zero-order valence-corrected chi connectivity index (χ0v) is 15.7. The topological polar surface area (TPSA) is 67.8 Å². The van der Waals surface area contributed by atoms with Gasteiger partial charge in [0.1, 0.15) is 0 Å². The lowest BCUT2D eigenvalue weighted by molar-refractivity contribution is 0.0965. The first-order valence-electron chi connectivity index (χ1n) is 8.57. The van der Waals surface area contributed by atoms with E-state index in [0.717, 1.165) is 5.56 Å². The fourth-order valence-corrected chi connectivity index (χ4v) is 4.77. The van der Waals surface area contributed by atoms with E-state index in [0.29, 0.717) is 40.1 Å². The van der Waals surface area contributed by atoms with Crippen LogP contribution in [0.4, 0.5) is 0 Å². The van der Waals surface area contributed by atoms with Gasteiger partial charge in [-0.05, 0) is 41.6 Å². The molecular formula is C20H14ClN3O2S. The molecule has 3 aromatic heterocycles. The monoisotopic (exact) mass is 395 g/mol. The number of halogens is 1. The summed E-state index contributed by atoms with van der Waals surface area (Å²) >= 11 is 7.71. The summed E-state index contributed by atoms with van der Waals surface area (Å²) in [4.78, 5) is 31.4. The lowest BCUT2D eigenvalue weighted by Gasteiger charge is -2.22. The number of aromatic amines is 1. The SMILES string of the molecule is O=C1C[C@H](c2cccs2)Cc2c1cnc1[nH]n(-c3cccc(Cl)c3)c(=O)c21. The van der Waals surface area contributed by atoms with E-state index in [-0.39, 0.29) is 17.3 Å². The van der Waals surface area contributed by atoms with Gasteiger partial charge in [-0.25, -0.2) is 9.67 Å². The maximum Gasteiger partial charge on any atom is 0.281 e. The minimum Gasteiger partial charge on any atom is -0.294 e. The van der Waals surface area contributed by atoms with Crippen LogP contribution in [-0.4, -0.2) is 20.5 Å². The number of fused-ring (bicyclic) bond motifs is 3. The molecule has 3 heterocycles. The molecule has 0 amide bonds. The zero-order valence-electron chi connectivity index (χ0n) is 14.1. The van der Waals surface area contributed by atoms with Gasteiger partial charge in [-0.2, -0.15) is 0 Å². The van der Waals surface area contributed by atoms with Gasteiger partial charge in [-0.3, -0.25) is 14.7 Å². The summed E-state index contributed by atoms with van der Waals surface area (Å²) in [5, 5.41) is 6.09. The zero-order chi connectivity index (χ0) is 18.5. The number of H-pyrrole nitrogens is 1. The summed E-state index contributed by atoms with van der Waals surface area (Å²) in [5.74, 6) is 0.142. The summed E-state index contributed by atoms with van der Waals surface area (Å²) < 4.78 is 1.43. The van der Waals surface area contributed by atoms with E-state index in [4.69, 9.17) is 11.6 Å². The summed E-state index contributed by atoms with van der Waals surface area (Å²) in [7, 11) is 0. The predicted octanol–water partition coefficient (Wildman–Crippen LogP) is 4.34. The maximum absolute atomic E-state index is 13.2. The third-order valence-corrected chi connectivity index (χ3v) is 6.29. The van der Waals surface area contributed by atoms with Crippen molar-refractivity contribution in [2.24, 2.45) is 0 Å². The highest BCUT2D eigenvalue weighted by Gasteiger charge is 2.30. The highest BCUT2D eigenvalue weighted by atomic mass is 35.5. The number of rotatable bonds is 2. The summed E-state index contributed by atoms with van der Waals surface area (Å²) in [6, 6.07) is 11.1. The molecule has 1 aromatic carbocycles. The molecule has 1 aliphatic rings. The van der Waals surface area contributed by atoms with Crippen LogP contribution in [-0.2, 0) is 6.42 Å². The average molecular weight is 396 g/mol. The Kier molecular flexibility index (Phi) is 3.77. The van der Waals surface area contributed by atoms with E-state index < -0.39 is 0 Å². The fourth-order valence-electron chi connectivity index (χ4n) is 3.76. The number of carbonyl (C=O) groups excluding carboxylic acids is 1. The highest BCUT2D eigenvalue weighted by Crippen LogP contribution is 2.36. The number of benzene rings is 1. The van der Waals surface area contributed by atoms with Gasteiger partial charge in [-0.1, -0.05) is 23.7 Å². The number of nitrogens with zero attached hydrogens (tertiary/aromatic N) is 2. The van der Waals surface area contributed by atoms with Gasteiger partial charge in [0, 0.05) is 34.0 Å². The summed E-state index contributed by atoms with van der Waals surface area (Å²) in [6.07, 6.45) is 2.69. The molecule has 0 aliphatic heterocycles. The molecule has 0 bridgehead atoms. The van der Waals surface area contributed by atoms with Crippen LogP contribution in [0.3, 0.4) is 0 Å². The lowest BCUT2D eigenvalue weighted by Crippen LogP contribution is -2.21. The van der Waals surface area contributed by atoms with Crippen LogP contribution in [0.15, 0.2) is 52.8 Å². The molecule has 5 rings (SSSR count). The lowest BCUT2D eigenvalue weighted by atomic mass is 9.82. The first-order valence-corrected chi connectivity index (χ1v) is 9.82. The third-order valence-electron chi connectivity index (χ3n) is 5.02. The van der Waals surface area contributed by atoms with E-state index >= 15 is 0 Å². The van der Waals surface area contributed by atoms with Crippen LogP contribution in [0.1, 0.15) is 33.1 Å². The molecule has 7 heteroatoms. The van der Waals surface area contributed by atoms with Crippen molar-refractivity contribution in [3.63, 3.8) is 0 Å². The van der Waals surface area contributed by atoms with Gasteiger partial charge < -0.3 is 0 Å². The first kappa shape index (κ1) is 16.5. The van der Waals surface area contributed by atoms with Crippen LogP contribution < -0.4 is 5.56 Å². The van der Waals surface area contributed by atoms with Gasteiger partial charge in [0.15, 0.2) is 11.4 Å². The fraction of sp³-hybridized carbons (Fsp3) is 0.150. The van der Waals surface area contributed by atoms with E-state index in [1.54, 1.807) is 41.8 Å². The molecular weight excluding hydrogens is 382 g/mol. The van der Waals surface area contributed by atoms with Crippen molar-refractivity contribution in [1.29, 1.82) is 0 Å². The van der Waals surface area contributed by atoms with Crippen LogP contribution in [0.25, 0.3) is 16.7 Å². The number of aromatic nitrogens is 3. The summed E-state index contributed by atoms with van der Waals surface area (Å²) in [5.41, 5.74) is 2.26. The van der Waals surface area contributed by atoms with Crippen molar-refractivity contribution in [2.45, 2.75) is 18.8 Å². The average Bonchev–Trinajstić information content (AvgIpc) is 3.30. The van der Waals surface area contributed by atoms with Crippen molar-refractivity contribution >= 4 is 39.8 Å². The van der Waals surface area contributed by atoms with Crippen LogP contribution in [0, 0.1) is 0 Å².